The highest BCUT2D eigenvalue weighted by molar-refractivity contribution is 7.81. The van der Waals surface area contributed by atoms with Crippen molar-refractivity contribution >= 4 is 23.1 Å². The van der Waals surface area contributed by atoms with E-state index in [-0.39, 0.29) is 5.75 Å². The van der Waals surface area contributed by atoms with Crippen molar-refractivity contribution < 1.29 is 35.3 Å². The molecule has 0 aromatic heterocycles. The summed E-state index contributed by atoms with van der Waals surface area (Å²) in [6.45, 7) is 8.01. The van der Waals surface area contributed by atoms with Gasteiger partial charge in [0.2, 0.25) is 0 Å². The molecule has 1 atom stereocenters. The topological polar surface area (TPSA) is 80.3 Å². The van der Waals surface area contributed by atoms with Gasteiger partial charge in [-0.25, -0.2) is 0 Å². The lowest BCUT2D eigenvalue weighted by Gasteiger charge is -2.32. The molecule has 3 aromatic rings. The van der Waals surface area contributed by atoms with Gasteiger partial charge in [-0.05, 0) is 69.6 Å². The van der Waals surface area contributed by atoms with Gasteiger partial charge in [0.1, 0.15) is 17.2 Å². The lowest BCUT2D eigenvalue weighted by atomic mass is 9.79. The lowest BCUT2D eigenvalue weighted by Crippen LogP contribution is -2.41. The van der Waals surface area contributed by atoms with E-state index in [1.165, 1.54) is 24.3 Å². The maximum Gasteiger partial charge on any atom is 0.494 e. The molecule has 0 aliphatic carbocycles. The molecule has 1 unspecified atom stereocenters. The van der Waals surface area contributed by atoms with Gasteiger partial charge < -0.3 is 23.0 Å². The molecule has 0 radical (unpaired) electrons. The third-order valence-electron chi connectivity index (χ3n) is 5.98. The van der Waals surface area contributed by atoms with Crippen molar-refractivity contribution in [1.29, 1.82) is 0 Å². The molecule has 4 rings (SSSR count). The normalized spacial score (nSPS) is 17.6. The molecule has 1 aliphatic rings. The summed E-state index contributed by atoms with van der Waals surface area (Å²) >= 11 is 0. The molecular weight excluding hydrogens is 474 g/mol. The van der Waals surface area contributed by atoms with Crippen molar-refractivity contribution in [2.24, 2.45) is 0 Å². The molecule has 3 aromatic carbocycles. The second-order valence-corrected chi connectivity index (χ2v) is 10.0. The molecule has 0 bridgehead atoms. The SMILES string of the molecule is CC1(C)OB(c2ccc(OC(Oc3ccc(OS(=O)(=O)F)cc3)c3ccccc3)cc2)OC1(C)C. The van der Waals surface area contributed by atoms with E-state index in [4.69, 9.17) is 18.8 Å². The Kier molecular flexibility index (Phi) is 6.81. The average Bonchev–Trinajstić information content (AvgIpc) is 3.01. The third-order valence-corrected chi connectivity index (χ3v) is 6.37. The summed E-state index contributed by atoms with van der Waals surface area (Å²) in [6, 6.07) is 22.2. The Morgan fingerprint density at radius 2 is 1.20 bits per heavy atom. The third kappa shape index (κ3) is 6.14. The molecule has 10 heteroatoms. The van der Waals surface area contributed by atoms with Crippen LogP contribution in [0.4, 0.5) is 3.89 Å². The maximum atomic E-state index is 12.7. The van der Waals surface area contributed by atoms with Crippen LogP contribution in [0.15, 0.2) is 78.9 Å². The lowest BCUT2D eigenvalue weighted by molar-refractivity contribution is 0.00380. The molecule has 1 saturated heterocycles. The van der Waals surface area contributed by atoms with Crippen LogP contribution in [-0.2, 0) is 19.8 Å². The van der Waals surface area contributed by atoms with E-state index < -0.39 is 35.1 Å². The van der Waals surface area contributed by atoms with E-state index in [2.05, 4.69) is 4.18 Å². The van der Waals surface area contributed by atoms with Crippen LogP contribution in [0.1, 0.15) is 39.5 Å². The number of benzene rings is 3. The number of rotatable bonds is 8. The first kappa shape index (κ1) is 25.0. The fourth-order valence-electron chi connectivity index (χ4n) is 3.39. The molecular formula is C25H26BFO7S. The first-order chi connectivity index (χ1) is 16.4. The summed E-state index contributed by atoms with van der Waals surface area (Å²) in [5.41, 5.74) is 0.753. The van der Waals surface area contributed by atoms with Gasteiger partial charge in [0.15, 0.2) is 0 Å². The molecule has 0 spiro atoms. The van der Waals surface area contributed by atoms with Crippen molar-refractivity contribution in [3.8, 4) is 17.2 Å². The van der Waals surface area contributed by atoms with Crippen molar-refractivity contribution in [2.45, 2.75) is 45.2 Å². The van der Waals surface area contributed by atoms with Crippen LogP contribution in [0.5, 0.6) is 17.2 Å². The zero-order valence-electron chi connectivity index (χ0n) is 19.8. The molecule has 1 aliphatic heterocycles. The molecule has 35 heavy (non-hydrogen) atoms. The quantitative estimate of drug-likeness (QED) is 0.251. The van der Waals surface area contributed by atoms with E-state index in [1.807, 2.05) is 82.3 Å². The zero-order chi connectivity index (χ0) is 25.3. The Bertz CT molecular complexity index is 1230. The summed E-state index contributed by atoms with van der Waals surface area (Å²) in [7, 11) is -5.59. The Morgan fingerprint density at radius 1 is 0.743 bits per heavy atom. The van der Waals surface area contributed by atoms with Gasteiger partial charge >= 0.3 is 17.6 Å². The predicted octanol–water partition coefficient (Wildman–Crippen LogP) is 4.74. The highest BCUT2D eigenvalue weighted by atomic mass is 32.3. The Balaban J connectivity index is 1.50. The molecule has 184 valence electrons. The van der Waals surface area contributed by atoms with Gasteiger partial charge in [-0.2, -0.15) is 8.42 Å². The number of ether oxygens (including phenoxy) is 2. The van der Waals surface area contributed by atoms with Crippen LogP contribution >= 0.6 is 0 Å². The Labute approximate surface area is 205 Å². The zero-order valence-corrected chi connectivity index (χ0v) is 20.6. The number of hydrogen-bond acceptors (Lipinski definition) is 7. The maximum absolute atomic E-state index is 12.7. The van der Waals surface area contributed by atoms with Crippen LogP contribution in [0.25, 0.3) is 0 Å². The second-order valence-electron chi connectivity index (χ2n) is 9.08. The number of hydrogen-bond donors (Lipinski definition) is 0. The minimum atomic E-state index is -5.10. The van der Waals surface area contributed by atoms with Gasteiger partial charge in [-0.15, -0.1) is 0 Å². The van der Waals surface area contributed by atoms with Crippen LogP contribution in [0, 0.1) is 0 Å². The van der Waals surface area contributed by atoms with Gasteiger partial charge in [0.05, 0.1) is 11.2 Å². The molecule has 0 saturated carbocycles. The summed E-state index contributed by atoms with van der Waals surface area (Å²) in [4.78, 5) is 0. The fraction of sp³-hybridized carbons (Fsp3) is 0.280. The van der Waals surface area contributed by atoms with Crippen molar-refractivity contribution in [1.82, 2.24) is 0 Å². The monoisotopic (exact) mass is 500 g/mol. The van der Waals surface area contributed by atoms with Crippen molar-refractivity contribution in [2.75, 3.05) is 0 Å². The van der Waals surface area contributed by atoms with Crippen molar-refractivity contribution in [3.05, 3.63) is 84.4 Å². The molecule has 1 heterocycles. The van der Waals surface area contributed by atoms with E-state index in [0.717, 1.165) is 11.0 Å². The van der Waals surface area contributed by atoms with E-state index in [1.54, 1.807) is 0 Å². The predicted molar refractivity (Wildman–Crippen MR) is 130 cm³/mol. The Hall–Kier alpha value is -3.08. The average molecular weight is 500 g/mol. The summed E-state index contributed by atoms with van der Waals surface area (Å²) in [6.07, 6.45) is -0.810. The molecule has 0 amide bonds. The minimum Gasteiger partial charge on any atom is -0.451 e. The minimum absolute atomic E-state index is 0.171. The summed E-state index contributed by atoms with van der Waals surface area (Å²) in [5, 5.41) is 0. The molecule has 7 nitrogen and oxygen atoms in total. The summed E-state index contributed by atoms with van der Waals surface area (Å²) in [5.74, 6) is 0.759. The van der Waals surface area contributed by atoms with Gasteiger partial charge in [-0.1, -0.05) is 46.4 Å². The van der Waals surface area contributed by atoms with Crippen LogP contribution in [0.2, 0.25) is 0 Å². The molecule has 0 N–H and O–H groups in total. The van der Waals surface area contributed by atoms with E-state index in [0.29, 0.717) is 11.5 Å². The molecule has 1 fully saturated rings. The van der Waals surface area contributed by atoms with Crippen molar-refractivity contribution in [3.63, 3.8) is 0 Å². The highest BCUT2D eigenvalue weighted by Gasteiger charge is 2.51. The first-order valence-electron chi connectivity index (χ1n) is 11.0. The van der Waals surface area contributed by atoms with Crippen LogP contribution < -0.4 is 19.1 Å². The standard InChI is InChI=1S/C25H26BFO7S/c1-24(2)25(3,4)34-26(33-24)19-10-12-20(13-11-19)30-23(18-8-6-5-7-9-18)31-21-14-16-22(17-15-21)32-35(27,28)29/h5-17,23H,1-4H3. The van der Waals surface area contributed by atoms with E-state index >= 15 is 0 Å². The second kappa shape index (κ2) is 9.52. The van der Waals surface area contributed by atoms with Crippen LogP contribution in [-0.4, -0.2) is 26.7 Å². The highest BCUT2D eigenvalue weighted by Crippen LogP contribution is 2.36. The smallest absolute Gasteiger partial charge is 0.451 e. The van der Waals surface area contributed by atoms with Gasteiger partial charge in [0.25, 0.3) is 6.29 Å². The van der Waals surface area contributed by atoms with Gasteiger partial charge in [0, 0.05) is 5.56 Å². The van der Waals surface area contributed by atoms with E-state index in [9.17, 15) is 12.3 Å². The first-order valence-corrected chi connectivity index (χ1v) is 12.3. The van der Waals surface area contributed by atoms with Gasteiger partial charge in [-0.3, -0.25) is 0 Å². The Morgan fingerprint density at radius 3 is 1.69 bits per heavy atom. The summed E-state index contributed by atoms with van der Waals surface area (Å²) < 4.78 is 62.6. The largest absolute Gasteiger partial charge is 0.494 e. The van der Waals surface area contributed by atoms with Crippen LogP contribution in [0.3, 0.4) is 0 Å². The number of halogens is 1. The fourth-order valence-corrected chi connectivity index (χ4v) is 3.73.